The summed E-state index contributed by atoms with van der Waals surface area (Å²) in [6.45, 7) is 6.09. The van der Waals surface area contributed by atoms with Crippen molar-refractivity contribution in [2.45, 2.75) is 33.2 Å². The lowest BCUT2D eigenvalue weighted by Gasteiger charge is -2.15. The molecular weight excluding hydrogens is 296 g/mol. The van der Waals surface area contributed by atoms with E-state index < -0.39 is 0 Å². The number of hydrogen-bond donors (Lipinski definition) is 2. The number of pyridine rings is 1. The molecule has 6 heteroatoms. The first-order valence-corrected chi connectivity index (χ1v) is 8.10. The van der Waals surface area contributed by atoms with E-state index in [-0.39, 0.29) is 11.6 Å². The van der Waals surface area contributed by atoms with Crippen LogP contribution in [0, 0.1) is 6.92 Å². The van der Waals surface area contributed by atoms with E-state index in [1.54, 1.807) is 17.5 Å². The van der Waals surface area contributed by atoms with E-state index >= 15 is 0 Å². The van der Waals surface area contributed by atoms with Gasteiger partial charge in [-0.1, -0.05) is 13.0 Å². The van der Waals surface area contributed by atoms with Gasteiger partial charge in [-0.25, -0.2) is 9.97 Å². The summed E-state index contributed by atoms with van der Waals surface area (Å²) in [7, 11) is 0. The predicted octanol–water partition coefficient (Wildman–Crippen LogP) is 3.42. The number of rotatable bonds is 4. The van der Waals surface area contributed by atoms with Crippen molar-refractivity contribution in [3.8, 4) is 0 Å². The molecule has 0 aliphatic carbocycles. The number of anilines is 1. The van der Waals surface area contributed by atoms with Crippen LogP contribution < -0.4 is 10.9 Å². The van der Waals surface area contributed by atoms with Gasteiger partial charge < -0.3 is 10.3 Å². The van der Waals surface area contributed by atoms with Crippen LogP contribution in [-0.4, -0.2) is 15.0 Å². The highest BCUT2D eigenvalue weighted by molar-refractivity contribution is 7.18. The highest BCUT2D eigenvalue weighted by Crippen LogP contribution is 2.31. The van der Waals surface area contributed by atoms with E-state index in [4.69, 9.17) is 0 Å². The Kier molecular flexibility index (Phi) is 3.94. The van der Waals surface area contributed by atoms with E-state index in [0.29, 0.717) is 0 Å². The van der Waals surface area contributed by atoms with Crippen LogP contribution >= 0.6 is 11.3 Å². The second-order valence-electron chi connectivity index (χ2n) is 5.26. The molecule has 0 aromatic carbocycles. The zero-order chi connectivity index (χ0) is 15.7. The second kappa shape index (κ2) is 5.88. The SMILES string of the molecule is CCc1cc2c(N[C@@H](C)c3ccc(=O)[nH]c3)nc(C)nc2s1. The molecule has 0 radical (unpaired) electrons. The number of aromatic nitrogens is 3. The second-order valence-corrected chi connectivity index (χ2v) is 6.37. The molecule has 3 aromatic rings. The summed E-state index contributed by atoms with van der Waals surface area (Å²) in [4.78, 5) is 25.2. The Labute approximate surface area is 132 Å². The number of aryl methyl sites for hydroxylation is 2. The first kappa shape index (κ1) is 14.7. The average Bonchev–Trinajstić information content (AvgIpc) is 2.91. The Morgan fingerprint density at radius 3 is 2.86 bits per heavy atom. The molecule has 0 spiro atoms. The molecule has 114 valence electrons. The normalized spacial score (nSPS) is 12.5. The maximum Gasteiger partial charge on any atom is 0.247 e. The Morgan fingerprint density at radius 1 is 1.36 bits per heavy atom. The molecule has 5 nitrogen and oxygen atoms in total. The number of nitrogens with zero attached hydrogens (tertiary/aromatic N) is 2. The minimum atomic E-state index is -0.0957. The summed E-state index contributed by atoms with van der Waals surface area (Å²) in [5.41, 5.74) is 0.914. The van der Waals surface area contributed by atoms with Crippen LogP contribution in [-0.2, 0) is 6.42 Å². The predicted molar refractivity (Wildman–Crippen MR) is 90.6 cm³/mol. The monoisotopic (exact) mass is 314 g/mol. The molecular formula is C16H18N4OS. The fourth-order valence-corrected chi connectivity index (χ4v) is 3.36. The first-order valence-electron chi connectivity index (χ1n) is 7.29. The molecule has 0 amide bonds. The minimum Gasteiger partial charge on any atom is -0.363 e. The lowest BCUT2D eigenvalue weighted by molar-refractivity contribution is 0.862. The lowest BCUT2D eigenvalue weighted by Crippen LogP contribution is -2.11. The van der Waals surface area contributed by atoms with Crippen molar-refractivity contribution in [3.05, 3.63) is 51.0 Å². The van der Waals surface area contributed by atoms with Crippen molar-refractivity contribution >= 4 is 27.4 Å². The zero-order valence-electron chi connectivity index (χ0n) is 12.8. The summed E-state index contributed by atoms with van der Waals surface area (Å²) >= 11 is 1.71. The third kappa shape index (κ3) is 2.87. The van der Waals surface area contributed by atoms with Crippen LogP contribution in [0.2, 0.25) is 0 Å². The van der Waals surface area contributed by atoms with Gasteiger partial charge in [-0.05, 0) is 31.9 Å². The van der Waals surface area contributed by atoms with Crippen LogP contribution in [0.25, 0.3) is 10.2 Å². The van der Waals surface area contributed by atoms with Crippen LogP contribution in [0.15, 0.2) is 29.2 Å². The molecule has 2 N–H and O–H groups in total. The van der Waals surface area contributed by atoms with Gasteiger partial charge in [0.25, 0.3) is 0 Å². The molecule has 3 heterocycles. The molecule has 0 aliphatic rings. The van der Waals surface area contributed by atoms with Crippen LogP contribution in [0.3, 0.4) is 0 Å². The van der Waals surface area contributed by atoms with Gasteiger partial charge in [0.05, 0.1) is 11.4 Å². The quantitative estimate of drug-likeness (QED) is 0.774. The van der Waals surface area contributed by atoms with Gasteiger partial charge >= 0.3 is 0 Å². The third-order valence-corrected chi connectivity index (χ3v) is 4.74. The molecule has 0 fully saturated rings. The third-order valence-electron chi connectivity index (χ3n) is 3.57. The Bertz CT molecular complexity index is 848. The van der Waals surface area contributed by atoms with Crippen molar-refractivity contribution in [2.24, 2.45) is 0 Å². The van der Waals surface area contributed by atoms with Crippen molar-refractivity contribution in [1.82, 2.24) is 15.0 Å². The molecule has 22 heavy (non-hydrogen) atoms. The van der Waals surface area contributed by atoms with Crippen molar-refractivity contribution in [1.29, 1.82) is 0 Å². The van der Waals surface area contributed by atoms with Crippen molar-refractivity contribution < 1.29 is 0 Å². The Morgan fingerprint density at radius 2 is 2.18 bits per heavy atom. The minimum absolute atomic E-state index is 0.0410. The number of H-pyrrole nitrogens is 1. The Balaban J connectivity index is 1.97. The molecule has 0 unspecified atom stereocenters. The summed E-state index contributed by atoms with van der Waals surface area (Å²) in [5.74, 6) is 1.60. The number of fused-ring (bicyclic) bond motifs is 1. The van der Waals surface area contributed by atoms with E-state index in [0.717, 1.165) is 33.8 Å². The molecule has 3 aromatic heterocycles. The zero-order valence-corrected chi connectivity index (χ0v) is 13.6. The number of thiophene rings is 1. The molecule has 1 atom stereocenters. The molecule has 0 saturated carbocycles. The van der Waals surface area contributed by atoms with Gasteiger partial charge in [-0.15, -0.1) is 11.3 Å². The fraction of sp³-hybridized carbons (Fsp3) is 0.312. The largest absolute Gasteiger partial charge is 0.363 e. The van der Waals surface area contributed by atoms with Gasteiger partial charge in [0.15, 0.2) is 0 Å². The number of hydrogen-bond acceptors (Lipinski definition) is 5. The van der Waals surface area contributed by atoms with E-state index in [2.05, 4.69) is 33.3 Å². The van der Waals surface area contributed by atoms with Crippen molar-refractivity contribution in [2.75, 3.05) is 5.32 Å². The maximum absolute atomic E-state index is 11.2. The molecule has 0 saturated heterocycles. The molecule has 0 bridgehead atoms. The lowest BCUT2D eigenvalue weighted by atomic mass is 10.1. The van der Waals surface area contributed by atoms with Crippen LogP contribution in [0.1, 0.15) is 36.2 Å². The van der Waals surface area contributed by atoms with Gasteiger partial charge in [-0.3, -0.25) is 4.79 Å². The molecule has 0 aliphatic heterocycles. The van der Waals surface area contributed by atoms with Gasteiger partial charge in [0.2, 0.25) is 5.56 Å². The van der Waals surface area contributed by atoms with Gasteiger partial charge in [-0.2, -0.15) is 0 Å². The average molecular weight is 314 g/mol. The fourth-order valence-electron chi connectivity index (χ4n) is 2.34. The topological polar surface area (TPSA) is 70.7 Å². The number of aromatic amines is 1. The van der Waals surface area contributed by atoms with Crippen LogP contribution in [0.5, 0.6) is 0 Å². The summed E-state index contributed by atoms with van der Waals surface area (Å²) < 4.78 is 0. The smallest absolute Gasteiger partial charge is 0.247 e. The van der Waals surface area contributed by atoms with Gasteiger partial charge in [0.1, 0.15) is 16.5 Å². The van der Waals surface area contributed by atoms with Crippen molar-refractivity contribution in [3.63, 3.8) is 0 Å². The summed E-state index contributed by atoms with van der Waals surface area (Å²) in [5, 5.41) is 4.49. The van der Waals surface area contributed by atoms with E-state index in [9.17, 15) is 4.79 Å². The summed E-state index contributed by atoms with van der Waals surface area (Å²) in [6.07, 6.45) is 2.73. The summed E-state index contributed by atoms with van der Waals surface area (Å²) in [6, 6.07) is 5.56. The standard InChI is InChI=1S/C16H18N4OS/c1-4-12-7-13-15(19-10(3)20-16(13)22-12)18-9(2)11-5-6-14(21)17-8-11/h5-9H,4H2,1-3H3,(H,17,21)(H,18,19,20)/t9-/m0/s1. The number of nitrogens with one attached hydrogen (secondary N) is 2. The van der Waals surface area contributed by atoms with E-state index in [1.807, 2.05) is 19.9 Å². The van der Waals surface area contributed by atoms with Gasteiger partial charge in [0, 0.05) is 17.1 Å². The Hall–Kier alpha value is -2.21. The highest BCUT2D eigenvalue weighted by Gasteiger charge is 2.13. The highest BCUT2D eigenvalue weighted by atomic mass is 32.1. The first-order chi connectivity index (χ1) is 10.6. The molecule has 3 rings (SSSR count). The van der Waals surface area contributed by atoms with Crippen LogP contribution in [0.4, 0.5) is 5.82 Å². The van der Waals surface area contributed by atoms with E-state index in [1.165, 1.54) is 10.9 Å². The maximum atomic E-state index is 11.2.